The van der Waals surface area contributed by atoms with Gasteiger partial charge in [-0.2, -0.15) is 10.2 Å². The highest BCUT2D eigenvalue weighted by molar-refractivity contribution is 7.21. The molecular weight excluding hydrogens is 591 g/mol. The van der Waals surface area contributed by atoms with Gasteiger partial charge in [0.1, 0.15) is 33.0 Å². The van der Waals surface area contributed by atoms with E-state index in [2.05, 4.69) is 22.1 Å². The van der Waals surface area contributed by atoms with Crippen molar-refractivity contribution in [2.75, 3.05) is 26.9 Å². The van der Waals surface area contributed by atoms with Gasteiger partial charge < -0.3 is 19.5 Å². The summed E-state index contributed by atoms with van der Waals surface area (Å²) in [5, 5.41) is 11.9. The van der Waals surface area contributed by atoms with Gasteiger partial charge in [-0.15, -0.1) is 11.4 Å². The van der Waals surface area contributed by atoms with Crippen molar-refractivity contribution in [3.05, 3.63) is 81.0 Å². The first-order valence-corrected chi connectivity index (χ1v) is 15.0. The second-order valence-electron chi connectivity index (χ2n) is 10.9. The van der Waals surface area contributed by atoms with E-state index in [0.29, 0.717) is 52.8 Å². The number of amides is 1. The van der Waals surface area contributed by atoms with Gasteiger partial charge in [0.15, 0.2) is 0 Å². The van der Waals surface area contributed by atoms with Crippen molar-refractivity contribution in [3.63, 3.8) is 0 Å². The minimum absolute atomic E-state index is 0.108. The highest BCUT2D eigenvalue weighted by Gasteiger charge is 2.36. The minimum atomic E-state index is -1.58. The van der Waals surface area contributed by atoms with Gasteiger partial charge in [0.25, 0.3) is 5.56 Å². The van der Waals surface area contributed by atoms with Crippen molar-refractivity contribution in [1.82, 2.24) is 29.4 Å². The van der Waals surface area contributed by atoms with E-state index < -0.39 is 34.6 Å². The average molecular weight is 627 g/mol. The fourth-order valence-corrected chi connectivity index (χ4v) is 6.58. The molecule has 1 aliphatic heterocycles. The van der Waals surface area contributed by atoms with E-state index in [-0.39, 0.29) is 24.6 Å². The lowest BCUT2D eigenvalue weighted by molar-refractivity contribution is -0.128. The van der Waals surface area contributed by atoms with Gasteiger partial charge in [-0.05, 0) is 51.8 Å². The summed E-state index contributed by atoms with van der Waals surface area (Å²) in [4.78, 5) is 43.6. The molecule has 0 spiro atoms. The van der Waals surface area contributed by atoms with E-state index in [1.807, 2.05) is 0 Å². The highest BCUT2D eigenvalue weighted by Crippen LogP contribution is 2.35. The third-order valence-electron chi connectivity index (χ3n) is 7.72. The average Bonchev–Trinajstić information content (AvgIpc) is 3.66. The molecule has 1 saturated heterocycles. The summed E-state index contributed by atoms with van der Waals surface area (Å²) >= 11 is 1.17. The summed E-state index contributed by atoms with van der Waals surface area (Å²) < 4.78 is 34.7. The summed E-state index contributed by atoms with van der Waals surface area (Å²) in [6, 6.07) is 4.12. The summed E-state index contributed by atoms with van der Waals surface area (Å²) in [5.74, 6) is -0.650. The van der Waals surface area contributed by atoms with Crippen molar-refractivity contribution in [2.45, 2.75) is 57.9 Å². The number of ether oxygens (including phenoxy) is 3. The zero-order chi connectivity index (χ0) is 31.6. The molecule has 1 fully saturated rings. The van der Waals surface area contributed by atoms with Crippen LogP contribution in [0.25, 0.3) is 15.2 Å². The molecular formula is C30H35FN6O6S. The number of rotatable bonds is 11. The van der Waals surface area contributed by atoms with Crippen LogP contribution in [0.2, 0.25) is 0 Å². The van der Waals surface area contributed by atoms with Gasteiger partial charge >= 0.3 is 5.69 Å². The Morgan fingerprint density at radius 2 is 1.98 bits per heavy atom. The molecule has 3 aromatic heterocycles. The SMILES string of the molecule is C=CCNC(=O)C(C)(C)n1c(=O)c2c(C)c(-n3nccn3)sc2n(C[C@H](OC2CCOCC2)c2cc(F)ccc2OC)c1=O. The van der Waals surface area contributed by atoms with Crippen molar-refractivity contribution in [1.29, 1.82) is 0 Å². The number of benzene rings is 1. The van der Waals surface area contributed by atoms with Gasteiger partial charge in [0.2, 0.25) is 5.91 Å². The maximum Gasteiger partial charge on any atom is 0.333 e. The molecule has 234 valence electrons. The lowest BCUT2D eigenvalue weighted by Crippen LogP contribution is -2.56. The summed E-state index contributed by atoms with van der Waals surface area (Å²) in [5.41, 5.74) is -1.99. The number of methoxy groups -OCH3 is 1. The lowest BCUT2D eigenvalue weighted by Gasteiger charge is -2.30. The molecule has 0 radical (unpaired) electrons. The second kappa shape index (κ2) is 12.8. The maximum absolute atomic E-state index is 14.7. The topological polar surface area (TPSA) is 132 Å². The number of carbonyl (C=O) groups excluding carboxylic acids is 1. The first-order valence-electron chi connectivity index (χ1n) is 14.2. The third kappa shape index (κ3) is 5.84. The van der Waals surface area contributed by atoms with Crippen LogP contribution in [0, 0.1) is 12.7 Å². The van der Waals surface area contributed by atoms with Crippen molar-refractivity contribution >= 4 is 27.5 Å². The first-order chi connectivity index (χ1) is 21.1. The van der Waals surface area contributed by atoms with Gasteiger partial charge in [-0.1, -0.05) is 17.4 Å². The molecule has 1 atom stereocenters. The van der Waals surface area contributed by atoms with E-state index in [1.165, 1.54) is 78.3 Å². The Bertz CT molecular complexity index is 1790. The van der Waals surface area contributed by atoms with Crippen LogP contribution in [0.4, 0.5) is 4.39 Å². The van der Waals surface area contributed by atoms with E-state index in [9.17, 15) is 18.8 Å². The first kappa shape index (κ1) is 31.3. The molecule has 4 heterocycles. The van der Waals surface area contributed by atoms with Gasteiger partial charge in [-0.3, -0.25) is 14.2 Å². The third-order valence-corrected chi connectivity index (χ3v) is 9.00. The van der Waals surface area contributed by atoms with Crippen LogP contribution in [0.3, 0.4) is 0 Å². The Balaban J connectivity index is 1.76. The van der Waals surface area contributed by atoms with Crippen LogP contribution in [0.1, 0.15) is 43.9 Å². The van der Waals surface area contributed by atoms with Crippen LogP contribution in [-0.2, 0) is 26.4 Å². The number of thiophene rings is 1. The highest BCUT2D eigenvalue weighted by atomic mass is 32.1. The van der Waals surface area contributed by atoms with Crippen LogP contribution in [-0.4, -0.2) is 63.0 Å². The normalized spacial score (nSPS) is 14.9. The number of nitrogens with zero attached hydrogens (tertiary/aromatic N) is 5. The molecule has 0 aliphatic carbocycles. The molecule has 1 aliphatic rings. The monoisotopic (exact) mass is 626 g/mol. The van der Waals surface area contributed by atoms with E-state index in [4.69, 9.17) is 14.2 Å². The number of carbonyl (C=O) groups is 1. The molecule has 1 amide bonds. The molecule has 0 bridgehead atoms. The molecule has 0 saturated carbocycles. The molecule has 1 aromatic carbocycles. The quantitative estimate of drug-likeness (QED) is 0.251. The van der Waals surface area contributed by atoms with E-state index >= 15 is 0 Å². The number of nitrogens with one attached hydrogen (secondary N) is 1. The van der Waals surface area contributed by atoms with Crippen molar-refractivity contribution < 1.29 is 23.4 Å². The predicted octanol–water partition coefficient (Wildman–Crippen LogP) is 3.24. The predicted molar refractivity (Wildman–Crippen MR) is 163 cm³/mol. The lowest BCUT2D eigenvalue weighted by atomic mass is 10.0. The molecule has 4 aromatic rings. The number of hydrogen-bond donors (Lipinski definition) is 1. The minimum Gasteiger partial charge on any atom is -0.496 e. The molecule has 14 heteroatoms. The summed E-state index contributed by atoms with van der Waals surface area (Å²) in [6.45, 7) is 9.44. The molecule has 1 N–H and O–H groups in total. The fourth-order valence-electron chi connectivity index (χ4n) is 5.36. The van der Waals surface area contributed by atoms with Crippen LogP contribution in [0.5, 0.6) is 5.75 Å². The van der Waals surface area contributed by atoms with Crippen LogP contribution in [0.15, 0.2) is 52.8 Å². The summed E-state index contributed by atoms with van der Waals surface area (Å²) in [6.07, 6.45) is 4.67. The Kier molecular flexibility index (Phi) is 9.13. The second-order valence-corrected chi connectivity index (χ2v) is 11.9. The fraction of sp³-hybridized carbons (Fsp3) is 0.433. The number of aromatic nitrogens is 5. The number of fused-ring (bicyclic) bond motifs is 1. The Morgan fingerprint density at radius 3 is 2.64 bits per heavy atom. The van der Waals surface area contributed by atoms with Crippen LogP contribution < -0.4 is 21.3 Å². The molecule has 12 nitrogen and oxygen atoms in total. The van der Waals surface area contributed by atoms with Crippen LogP contribution >= 0.6 is 11.3 Å². The van der Waals surface area contributed by atoms with E-state index in [1.54, 1.807) is 6.92 Å². The maximum atomic E-state index is 14.7. The zero-order valence-electron chi connectivity index (χ0n) is 25.0. The molecule has 5 rings (SSSR count). The smallest absolute Gasteiger partial charge is 0.333 e. The molecule has 44 heavy (non-hydrogen) atoms. The van der Waals surface area contributed by atoms with Gasteiger partial charge in [0.05, 0.1) is 37.5 Å². The Labute approximate surface area is 256 Å². The van der Waals surface area contributed by atoms with Crippen molar-refractivity contribution in [3.8, 4) is 10.8 Å². The van der Waals surface area contributed by atoms with Crippen molar-refractivity contribution in [2.24, 2.45) is 0 Å². The molecule has 0 unspecified atom stereocenters. The Hall–Kier alpha value is -4.14. The standard InChI is InChI=1S/C30H35FN6O6S/c1-6-11-32-28(39)30(3,4)36-25(38)24-18(2)26(37-33-12-13-34-37)44-27(24)35(29(36)40)17-23(43-20-9-14-42-15-10-20)21-16-19(31)7-8-22(21)41-5/h6-8,12-13,16,20,23H,1,9-11,14-15,17H2,2-5H3,(H,32,39)/t23-/m0/s1. The zero-order valence-corrected chi connectivity index (χ0v) is 25.9. The number of hydrogen-bond acceptors (Lipinski definition) is 9. The number of aryl methyl sites for hydroxylation is 1. The Morgan fingerprint density at radius 1 is 1.27 bits per heavy atom. The largest absolute Gasteiger partial charge is 0.496 e. The van der Waals surface area contributed by atoms with Gasteiger partial charge in [0, 0.05) is 30.9 Å². The van der Waals surface area contributed by atoms with Gasteiger partial charge in [-0.25, -0.2) is 13.8 Å². The summed E-state index contributed by atoms with van der Waals surface area (Å²) in [7, 11) is 1.48. The van der Waals surface area contributed by atoms with E-state index in [0.717, 1.165) is 4.57 Å². The number of halogens is 1.